The second-order valence-corrected chi connectivity index (χ2v) is 7.56. The van der Waals surface area contributed by atoms with Gasteiger partial charge in [0.1, 0.15) is 17.6 Å². The minimum Gasteiger partial charge on any atom is -0.497 e. The normalized spacial score (nSPS) is 19.3. The molecule has 2 aliphatic heterocycles. The number of carbonyl (C=O) groups is 1. The molecule has 1 aromatic carbocycles. The predicted molar refractivity (Wildman–Crippen MR) is 102 cm³/mol. The van der Waals surface area contributed by atoms with E-state index in [1.54, 1.807) is 7.11 Å². The van der Waals surface area contributed by atoms with Crippen LogP contribution in [0.4, 0.5) is 4.79 Å². The van der Waals surface area contributed by atoms with Crippen molar-refractivity contribution in [1.29, 1.82) is 0 Å². The molecule has 0 bridgehead atoms. The molecule has 3 rings (SSSR count). The highest BCUT2D eigenvalue weighted by molar-refractivity contribution is 5.75. The molecule has 1 atom stereocenters. The van der Waals surface area contributed by atoms with E-state index in [1.807, 2.05) is 29.2 Å². The molecular weight excluding hydrogens is 330 g/mol. The monoisotopic (exact) mass is 361 g/mol. The first-order valence-electron chi connectivity index (χ1n) is 9.64. The first-order chi connectivity index (χ1) is 12.6. The maximum absolute atomic E-state index is 12.4. The Balaban J connectivity index is 1.41. The number of benzene rings is 1. The van der Waals surface area contributed by atoms with Gasteiger partial charge in [-0.05, 0) is 44.0 Å². The van der Waals surface area contributed by atoms with Gasteiger partial charge in [0.2, 0.25) is 0 Å². The Bertz CT molecular complexity index is 596. The lowest BCUT2D eigenvalue weighted by Crippen LogP contribution is -2.60. The zero-order chi connectivity index (χ0) is 18.5. The summed E-state index contributed by atoms with van der Waals surface area (Å²) in [6.45, 7) is 8.73. The Morgan fingerprint density at radius 3 is 2.58 bits per heavy atom. The van der Waals surface area contributed by atoms with Gasteiger partial charge in [0, 0.05) is 18.7 Å². The number of methoxy groups -OCH3 is 1. The predicted octanol–water partition coefficient (Wildman–Crippen LogP) is 2.59. The summed E-state index contributed by atoms with van der Waals surface area (Å²) in [4.78, 5) is 16.7. The molecule has 6 heteroatoms. The molecule has 1 N–H and O–H groups in total. The third-order valence-electron chi connectivity index (χ3n) is 5.32. The molecular formula is C20H31N3O3. The molecule has 2 aliphatic rings. The minimum absolute atomic E-state index is 0.0142. The van der Waals surface area contributed by atoms with Gasteiger partial charge < -0.3 is 19.7 Å². The maximum atomic E-state index is 12.4. The van der Waals surface area contributed by atoms with Crippen molar-refractivity contribution in [3.8, 4) is 11.5 Å². The molecule has 0 aliphatic carbocycles. The quantitative estimate of drug-likeness (QED) is 0.811. The van der Waals surface area contributed by atoms with Crippen LogP contribution < -0.4 is 14.8 Å². The van der Waals surface area contributed by atoms with Crippen molar-refractivity contribution >= 4 is 6.03 Å². The lowest BCUT2D eigenvalue weighted by atomic mass is 10.0. The fourth-order valence-corrected chi connectivity index (χ4v) is 3.71. The van der Waals surface area contributed by atoms with Crippen LogP contribution in [0.25, 0.3) is 0 Å². The second-order valence-electron chi connectivity index (χ2n) is 7.56. The number of ether oxygens (including phenoxy) is 2. The van der Waals surface area contributed by atoms with Crippen molar-refractivity contribution in [3.05, 3.63) is 24.3 Å². The van der Waals surface area contributed by atoms with Crippen LogP contribution in [-0.4, -0.2) is 67.8 Å². The van der Waals surface area contributed by atoms with Crippen LogP contribution in [-0.2, 0) is 0 Å². The molecule has 6 nitrogen and oxygen atoms in total. The molecule has 2 heterocycles. The third-order valence-corrected chi connectivity index (χ3v) is 5.32. The summed E-state index contributed by atoms with van der Waals surface area (Å²) in [5.74, 6) is 2.09. The van der Waals surface area contributed by atoms with Crippen LogP contribution in [0.1, 0.15) is 26.7 Å². The van der Waals surface area contributed by atoms with Crippen molar-refractivity contribution in [2.45, 2.75) is 38.8 Å². The fraction of sp³-hybridized carbons (Fsp3) is 0.650. The molecule has 26 heavy (non-hydrogen) atoms. The van der Waals surface area contributed by atoms with E-state index >= 15 is 0 Å². The first kappa shape index (κ1) is 18.8. The van der Waals surface area contributed by atoms with Gasteiger partial charge in [-0.15, -0.1) is 0 Å². The Hall–Kier alpha value is -1.95. The zero-order valence-corrected chi connectivity index (χ0v) is 16.1. The van der Waals surface area contributed by atoms with E-state index in [1.165, 1.54) is 12.8 Å². The van der Waals surface area contributed by atoms with E-state index in [4.69, 9.17) is 9.47 Å². The number of nitrogens with one attached hydrogen (secondary N) is 1. The summed E-state index contributed by atoms with van der Waals surface area (Å²) in [7, 11) is 1.64. The molecule has 0 unspecified atom stereocenters. The van der Waals surface area contributed by atoms with Gasteiger partial charge in [0.15, 0.2) is 0 Å². The Labute approximate surface area is 156 Å². The molecule has 0 aromatic heterocycles. The molecule has 0 saturated carbocycles. The van der Waals surface area contributed by atoms with Crippen LogP contribution in [0.3, 0.4) is 0 Å². The zero-order valence-electron chi connectivity index (χ0n) is 16.1. The molecule has 2 fully saturated rings. The number of nitrogens with zero attached hydrogens (tertiary/aromatic N) is 2. The van der Waals surface area contributed by atoms with Gasteiger partial charge in [-0.25, -0.2) is 4.79 Å². The summed E-state index contributed by atoms with van der Waals surface area (Å²) in [6, 6.07) is 8.01. The van der Waals surface area contributed by atoms with E-state index in [0.717, 1.165) is 24.6 Å². The molecule has 2 amide bonds. The van der Waals surface area contributed by atoms with E-state index in [2.05, 4.69) is 24.1 Å². The summed E-state index contributed by atoms with van der Waals surface area (Å²) in [6.07, 6.45) is 2.59. The highest BCUT2D eigenvalue weighted by Crippen LogP contribution is 2.23. The van der Waals surface area contributed by atoms with Gasteiger partial charge in [-0.1, -0.05) is 19.9 Å². The van der Waals surface area contributed by atoms with Crippen LogP contribution in [0.15, 0.2) is 24.3 Å². The van der Waals surface area contributed by atoms with Gasteiger partial charge in [0.05, 0.1) is 20.2 Å². The molecule has 1 aromatic rings. The lowest BCUT2D eigenvalue weighted by Gasteiger charge is -2.39. The van der Waals surface area contributed by atoms with E-state index in [0.29, 0.717) is 31.6 Å². The largest absolute Gasteiger partial charge is 0.497 e. The summed E-state index contributed by atoms with van der Waals surface area (Å²) >= 11 is 0. The smallest absolute Gasteiger partial charge is 0.317 e. The fourth-order valence-electron chi connectivity index (χ4n) is 3.71. The number of carbonyl (C=O) groups excluding carboxylic acids is 1. The SMILES string of the molecule is COc1cccc(OC2CN(C(=O)NC[C@H](C(C)C)N3CCCC3)C2)c1. The molecule has 0 spiro atoms. The topological polar surface area (TPSA) is 54.0 Å². The Morgan fingerprint density at radius 1 is 1.23 bits per heavy atom. The highest BCUT2D eigenvalue weighted by Gasteiger charge is 2.33. The van der Waals surface area contributed by atoms with Crippen molar-refractivity contribution in [3.63, 3.8) is 0 Å². The average molecular weight is 361 g/mol. The van der Waals surface area contributed by atoms with E-state index in [-0.39, 0.29) is 12.1 Å². The summed E-state index contributed by atoms with van der Waals surface area (Å²) in [5, 5.41) is 3.12. The van der Waals surface area contributed by atoms with Crippen LogP contribution >= 0.6 is 0 Å². The lowest BCUT2D eigenvalue weighted by molar-refractivity contribution is 0.0433. The van der Waals surface area contributed by atoms with Crippen molar-refractivity contribution in [2.75, 3.05) is 39.8 Å². The van der Waals surface area contributed by atoms with Crippen LogP contribution in [0.5, 0.6) is 11.5 Å². The van der Waals surface area contributed by atoms with Crippen LogP contribution in [0, 0.1) is 5.92 Å². The molecule has 0 radical (unpaired) electrons. The van der Waals surface area contributed by atoms with Gasteiger partial charge in [-0.2, -0.15) is 0 Å². The minimum atomic E-state index is 0.0142. The first-order valence-corrected chi connectivity index (χ1v) is 9.64. The van der Waals surface area contributed by atoms with E-state index in [9.17, 15) is 4.79 Å². The van der Waals surface area contributed by atoms with Gasteiger partial charge in [0.25, 0.3) is 0 Å². The number of amides is 2. The summed E-state index contributed by atoms with van der Waals surface area (Å²) < 4.78 is 11.1. The number of hydrogen-bond donors (Lipinski definition) is 1. The third kappa shape index (κ3) is 4.61. The highest BCUT2D eigenvalue weighted by atomic mass is 16.5. The second kappa shape index (κ2) is 8.62. The van der Waals surface area contributed by atoms with Gasteiger partial charge in [-0.3, -0.25) is 4.90 Å². The number of rotatable bonds is 7. The van der Waals surface area contributed by atoms with Crippen molar-refractivity contribution < 1.29 is 14.3 Å². The van der Waals surface area contributed by atoms with Gasteiger partial charge >= 0.3 is 6.03 Å². The maximum Gasteiger partial charge on any atom is 0.317 e. The number of hydrogen-bond acceptors (Lipinski definition) is 4. The summed E-state index contributed by atoms with van der Waals surface area (Å²) in [5.41, 5.74) is 0. The number of urea groups is 1. The molecule has 2 saturated heterocycles. The Morgan fingerprint density at radius 2 is 1.92 bits per heavy atom. The average Bonchev–Trinajstić information content (AvgIpc) is 3.12. The van der Waals surface area contributed by atoms with Crippen molar-refractivity contribution in [1.82, 2.24) is 15.1 Å². The van der Waals surface area contributed by atoms with Crippen molar-refractivity contribution in [2.24, 2.45) is 5.92 Å². The van der Waals surface area contributed by atoms with Crippen LogP contribution in [0.2, 0.25) is 0 Å². The number of likely N-dealkylation sites (tertiary alicyclic amines) is 2. The molecule has 144 valence electrons. The standard InChI is InChI=1S/C20H31N3O3/c1-15(2)19(22-9-4-5-10-22)12-21-20(24)23-13-18(14-23)26-17-8-6-7-16(11-17)25-3/h6-8,11,15,18-19H,4-5,9-10,12-14H2,1-3H3,(H,21,24)/t19-/m1/s1. The van der Waals surface area contributed by atoms with E-state index < -0.39 is 0 Å². The Kier molecular flexibility index (Phi) is 6.25.